The van der Waals surface area contributed by atoms with Crippen molar-refractivity contribution in [1.82, 2.24) is 10.2 Å². The molecule has 0 bridgehead atoms. The van der Waals surface area contributed by atoms with Crippen LogP contribution in [-0.4, -0.2) is 31.6 Å². The first-order valence-electron chi connectivity index (χ1n) is 8.35. The van der Waals surface area contributed by atoms with Crippen molar-refractivity contribution in [1.29, 1.82) is 0 Å². The number of fused-ring (bicyclic) bond motifs is 1. The Morgan fingerprint density at radius 3 is 2.70 bits per heavy atom. The average Bonchev–Trinajstić information content (AvgIpc) is 2.71. The zero-order valence-electron chi connectivity index (χ0n) is 12.8. The van der Waals surface area contributed by atoms with Crippen LogP contribution in [0.15, 0.2) is 24.3 Å². The summed E-state index contributed by atoms with van der Waals surface area (Å²) in [6.07, 6.45) is 8.11. The molecule has 20 heavy (non-hydrogen) atoms. The molecule has 110 valence electrons. The molecule has 2 heteroatoms. The smallest absolute Gasteiger partial charge is 0.0350 e. The topological polar surface area (TPSA) is 15.3 Å². The molecule has 2 nitrogen and oxygen atoms in total. The highest BCUT2D eigenvalue weighted by Crippen LogP contribution is 2.35. The number of likely N-dealkylation sites (tertiary alicyclic amines) is 1. The van der Waals surface area contributed by atoms with Crippen molar-refractivity contribution in [3.8, 4) is 0 Å². The number of benzene rings is 1. The largest absolute Gasteiger partial charge is 0.319 e. The molecule has 0 saturated carbocycles. The van der Waals surface area contributed by atoms with E-state index >= 15 is 0 Å². The summed E-state index contributed by atoms with van der Waals surface area (Å²) in [5.74, 6) is 0.886. The second kappa shape index (κ2) is 6.73. The highest BCUT2D eigenvalue weighted by Gasteiger charge is 2.27. The van der Waals surface area contributed by atoms with Crippen molar-refractivity contribution in [3.05, 3.63) is 35.4 Å². The first kappa shape index (κ1) is 14.1. The molecule has 1 atom stereocenters. The third-order valence-corrected chi connectivity index (χ3v) is 5.17. The first-order chi connectivity index (χ1) is 9.88. The van der Waals surface area contributed by atoms with Crippen molar-refractivity contribution in [2.24, 2.45) is 5.92 Å². The number of nitrogens with one attached hydrogen (secondary N) is 1. The lowest BCUT2D eigenvalue weighted by molar-refractivity contribution is 0.125. The Kier molecular flexibility index (Phi) is 4.74. The van der Waals surface area contributed by atoms with E-state index in [1.807, 2.05) is 0 Å². The third-order valence-electron chi connectivity index (χ3n) is 5.17. The fourth-order valence-corrected chi connectivity index (χ4v) is 4.03. The highest BCUT2D eigenvalue weighted by atomic mass is 15.2. The Morgan fingerprint density at radius 2 is 1.90 bits per heavy atom. The molecule has 1 aliphatic heterocycles. The number of aryl methyl sites for hydroxylation is 1. The Balaban J connectivity index is 1.71. The van der Waals surface area contributed by atoms with E-state index in [0.29, 0.717) is 6.04 Å². The standard InChI is InChI=1S/C18H28N2/c1-19-14-15-10-12-20(13-11-15)18-9-5-3-7-16-6-2-4-8-17(16)18/h2,4,6,8,15,18-19H,3,5,7,9-14H2,1H3. The molecule has 1 unspecified atom stereocenters. The summed E-state index contributed by atoms with van der Waals surface area (Å²) in [6, 6.07) is 9.85. The summed E-state index contributed by atoms with van der Waals surface area (Å²) in [7, 11) is 2.08. The lowest BCUT2D eigenvalue weighted by Gasteiger charge is -2.38. The molecule has 3 rings (SSSR count). The van der Waals surface area contributed by atoms with Crippen LogP contribution in [-0.2, 0) is 6.42 Å². The van der Waals surface area contributed by atoms with Gasteiger partial charge in [-0.25, -0.2) is 0 Å². The van der Waals surface area contributed by atoms with Crippen LogP contribution in [0.1, 0.15) is 49.3 Å². The normalized spacial score (nSPS) is 25.1. The molecule has 0 radical (unpaired) electrons. The quantitative estimate of drug-likeness (QED) is 0.849. The van der Waals surface area contributed by atoms with Crippen LogP contribution >= 0.6 is 0 Å². The highest BCUT2D eigenvalue weighted by molar-refractivity contribution is 5.31. The number of piperidine rings is 1. The van der Waals surface area contributed by atoms with Gasteiger partial charge in [0.1, 0.15) is 0 Å². The second-order valence-electron chi connectivity index (χ2n) is 6.50. The van der Waals surface area contributed by atoms with Crippen molar-refractivity contribution in [2.45, 2.75) is 44.6 Å². The van der Waals surface area contributed by atoms with Gasteiger partial charge in [-0.15, -0.1) is 0 Å². The summed E-state index contributed by atoms with van der Waals surface area (Å²) in [6.45, 7) is 3.76. The third kappa shape index (κ3) is 3.07. The van der Waals surface area contributed by atoms with Crippen LogP contribution in [0.3, 0.4) is 0 Å². The molecular formula is C18H28N2. The van der Waals surface area contributed by atoms with Gasteiger partial charge >= 0.3 is 0 Å². The molecular weight excluding hydrogens is 244 g/mol. The van der Waals surface area contributed by atoms with E-state index in [0.717, 1.165) is 5.92 Å². The van der Waals surface area contributed by atoms with Gasteiger partial charge in [-0.1, -0.05) is 30.7 Å². The zero-order chi connectivity index (χ0) is 13.8. The van der Waals surface area contributed by atoms with Gasteiger partial charge in [-0.3, -0.25) is 4.90 Å². The molecule has 1 aromatic rings. The molecule has 1 aromatic carbocycles. The summed E-state index contributed by atoms with van der Waals surface area (Å²) < 4.78 is 0. The Bertz CT molecular complexity index is 421. The minimum Gasteiger partial charge on any atom is -0.319 e. The minimum atomic E-state index is 0.684. The number of hydrogen-bond acceptors (Lipinski definition) is 2. The first-order valence-corrected chi connectivity index (χ1v) is 8.35. The van der Waals surface area contributed by atoms with Crippen LogP contribution in [0.4, 0.5) is 0 Å². The van der Waals surface area contributed by atoms with Gasteiger partial charge in [-0.05, 0) is 75.8 Å². The van der Waals surface area contributed by atoms with Crippen molar-refractivity contribution in [3.63, 3.8) is 0 Å². The van der Waals surface area contributed by atoms with E-state index < -0.39 is 0 Å². The maximum absolute atomic E-state index is 3.34. The Morgan fingerprint density at radius 1 is 1.10 bits per heavy atom. The number of rotatable bonds is 3. The molecule has 0 aromatic heterocycles. The van der Waals surface area contributed by atoms with E-state index in [2.05, 4.69) is 41.5 Å². The van der Waals surface area contributed by atoms with Gasteiger partial charge in [-0.2, -0.15) is 0 Å². The average molecular weight is 272 g/mol. The molecule has 1 fully saturated rings. The summed E-state index contributed by atoms with van der Waals surface area (Å²) in [4.78, 5) is 2.76. The van der Waals surface area contributed by atoms with E-state index in [4.69, 9.17) is 0 Å². The van der Waals surface area contributed by atoms with E-state index in [-0.39, 0.29) is 0 Å². The van der Waals surface area contributed by atoms with Gasteiger partial charge in [0, 0.05) is 6.04 Å². The van der Waals surface area contributed by atoms with E-state index in [9.17, 15) is 0 Å². The fourth-order valence-electron chi connectivity index (χ4n) is 4.03. The lowest BCUT2D eigenvalue weighted by Crippen LogP contribution is -2.39. The predicted octanol–water partition coefficient (Wildman–Crippen LogP) is 3.39. The molecule has 1 aliphatic carbocycles. The van der Waals surface area contributed by atoms with Crippen LogP contribution < -0.4 is 5.32 Å². The second-order valence-corrected chi connectivity index (χ2v) is 6.50. The van der Waals surface area contributed by atoms with Crippen molar-refractivity contribution >= 4 is 0 Å². The van der Waals surface area contributed by atoms with Crippen LogP contribution in [0, 0.1) is 5.92 Å². The molecule has 0 amide bonds. The SMILES string of the molecule is CNCC1CCN(C2CCCCc3ccccc32)CC1. The Labute approximate surface area is 123 Å². The van der Waals surface area contributed by atoms with E-state index in [1.54, 1.807) is 11.1 Å². The fraction of sp³-hybridized carbons (Fsp3) is 0.667. The van der Waals surface area contributed by atoms with E-state index in [1.165, 1.54) is 58.2 Å². The molecule has 1 heterocycles. The van der Waals surface area contributed by atoms with Gasteiger partial charge in [0.15, 0.2) is 0 Å². The van der Waals surface area contributed by atoms with Crippen LogP contribution in [0.2, 0.25) is 0 Å². The Hall–Kier alpha value is -0.860. The summed E-state index contributed by atoms with van der Waals surface area (Å²) >= 11 is 0. The van der Waals surface area contributed by atoms with Crippen molar-refractivity contribution < 1.29 is 0 Å². The van der Waals surface area contributed by atoms with Gasteiger partial charge < -0.3 is 5.32 Å². The minimum absolute atomic E-state index is 0.684. The van der Waals surface area contributed by atoms with Crippen molar-refractivity contribution in [2.75, 3.05) is 26.7 Å². The zero-order valence-corrected chi connectivity index (χ0v) is 12.8. The summed E-state index contributed by atoms with van der Waals surface area (Å²) in [5.41, 5.74) is 3.23. The lowest BCUT2D eigenvalue weighted by atomic mass is 9.92. The maximum atomic E-state index is 3.34. The predicted molar refractivity (Wildman–Crippen MR) is 85.0 cm³/mol. The maximum Gasteiger partial charge on any atom is 0.0350 e. The monoisotopic (exact) mass is 272 g/mol. The summed E-state index contributed by atoms with van der Waals surface area (Å²) in [5, 5.41) is 3.34. The number of hydrogen-bond donors (Lipinski definition) is 1. The van der Waals surface area contributed by atoms with Crippen LogP contribution in [0.5, 0.6) is 0 Å². The molecule has 2 aliphatic rings. The molecule has 1 N–H and O–H groups in total. The molecule has 0 spiro atoms. The van der Waals surface area contributed by atoms with Gasteiger partial charge in [0.25, 0.3) is 0 Å². The van der Waals surface area contributed by atoms with Crippen LogP contribution in [0.25, 0.3) is 0 Å². The molecule has 1 saturated heterocycles. The number of nitrogens with zero attached hydrogens (tertiary/aromatic N) is 1. The van der Waals surface area contributed by atoms with Gasteiger partial charge in [0.2, 0.25) is 0 Å². The van der Waals surface area contributed by atoms with Gasteiger partial charge in [0.05, 0.1) is 0 Å².